The van der Waals surface area contributed by atoms with Crippen LogP contribution >= 0.6 is 0 Å². The molecule has 2 rings (SSSR count). The Bertz CT molecular complexity index is 595. The first-order valence-corrected chi connectivity index (χ1v) is 6.49. The third-order valence-corrected chi connectivity index (χ3v) is 2.91. The van der Waals surface area contributed by atoms with Crippen molar-refractivity contribution in [3.63, 3.8) is 0 Å². The van der Waals surface area contributed by atoms with Crippen molar-refractivity contribution in [2.24, 2.45) is 0 Å². The van der Waals surface area contributed by atoms with E-state index in [9.17, 15) is 9.90 Å². The molecule has 5 nitrogen and oxygen atoms in total. The summed E-state index contributed by atoms with van der Waals surface area (Å²) in [5.41, 5.74) is 1.71. The molecule has 0 fully saturated rings. The van der Waals surface area contributed by atoms with Crippen molar-refractivity contribution < 1.29 is 19.4 Å². The fourth-order valence-electron chi connectivity index (χ4n) is 1.73. The van der Waals surface area contributed by atoms with Gasteiger partial charge in [-0.15, -0.1) is 0 Å². The molecule has 0 saturated heterocycles. The number of hydrogen-bond acceptors (Lipinski definition) is 5. The maximum Gasteiger partial charge on any atom is 0.343 e. The quantitative estimate of drug-likeness (QED) is 0.799. The fourth-order valence-corrected chi connectivity index (χ4v) is 1.73. The van der Waals surface area contributed by atoms with Crippen LogP contribution in [0.4, 0.5) is 5.69 Å². The molecule has 2 aromatic rings. The van der Waals surface area contributed by atoms with Crippen molar-refractivity contribution in [2.75, 3.05) is 19.0 Å². The largest absolute Gasteiger partial charge is 0.508 e. The van der Waals surface area contributed by atoms with Gasteiger partial charge in [-0.1, -0.05) is 18.2 Å². The normalized spacial score (nSPS) is 9.95. The number of carbonyl (C=O) groups is 1. The molecule has 0 saturated carbocycles. The Labute approximate surface area is 123 Å². The predicted octanol–water partition coefficient (Wildman–Crippen LogP) is 2.56. The average Bonchev–Trinajstić information content (AvgIpc) is 2.53. The zero-order valence-electron chi connectivity index (χ0n) is 11.7. The average molecular weight is 287 g/mol. The SMILES string of the molecule is COC(=O)COc1ccc(NCc2ccccc2O)cc1. The smallest absolute Gasteiger partial charge is 0.343 e. The van der Waals surface area contributed by atoms with Crippen LogP contribution in [-0.4, -0.2) is 24.8 Å². The highest BCUT2D eigenvalue weighted by atomic mass is 16.6. The molecule has 0 spiro atoms. The molecule has 0 aromatic heterocycles. The highest BCUT2D eigenvalue weighted by Gasteiger charge is 2.02. The molecule has 0 radical (unpaired) electrons. The van der Waals surface area contributed by atoms with Gasteiger partial charge in [0.1, 0.15) is 11.5 Å². The van der Waals surface area contributed by atoms with Gasteiger partial charge in [-0.05, 0) is 30.3 Å². The summed E-state index contributed by atoms with van der Waals surface area (Å²) >= 11 is 0. The minimum Gasteiger partial charge on any atom is -0.508 e. The molecule has 0 heterocycles. The van der Waals surface area contributed by atoms with Crippen molar-refractivity contribution in [1.29, 1.82) is 0 Å². The number of benzene rings is 2. The molecule has 0 bridgehead atoms. The van der Waals surface area contributed by atoms with E-state index in [-0.39, 0.29) is 12.4 Å². The van der Waals surface area contributed by atoms with Gasteiger partial charge < -0.3 is 19.9 Å². The van der Waals surface area contributed by atoms with Crippen LogP contribution in [0, 0.1) is 0 Å². The molecule has 2 N–H and O–H groups in total. The Morgan fingerprint density at radius 3 is 2.52 bits per heavy atom. The lowest BCUT2D eigenvalue weighted by atomic mass is 10.2. The Hall–Kier alpha value is -2.69. The van der Waals surface area contributed by atoms with Gasteiger partial charge in [0.25, 0.3) is 0 Å². The van der Waals surface area contributed by atoms with Gasteiger partial charge in [-0.25, -0.2) is 4.79 Å². The fraction of sp³-hybridized carbons (Fsp3) is 0.188. The van der Waals surface area contributed by atoms with Crippen LogP contribution in [-0.2, 0) is 16.1 Å². The van der Waals surface area contributed by atoms with Crippen LogP contribution in [0.1, 0.15) is 5.56 Å². The lowest BCUT2D eigenvalue weighted by Gasteiger charge is -2.09. The van der Waals surface area contributed by atoms with Gasteiger partial charge in [-0.3, -0.25) is 0 Å². The molecule has 0 aliphatic rings. The van der Waals surface area contributed by atoms with Gasteiger partial charge in [0.05, 0.1) is 7.11 Å². The number of para-hydroxylation sites is 1. The Kier molecular flexibility index (Phi) is 5.04. The number of aromatic hydroxyl groups is 1. The molecule has 0 amide bonds. The van der Waals surface area contributed by atoms with Crippen LogP contribution in [0.15, 0.2) is 48.5 Å². The number of carbonyl (C=O) groups excluding carboxylic acids is 1. The van der Waals surface area contributed by atoms with E-state index in [4.69, 9.17) is 4.74 Å². The van der Waals surface area contributed by atoms with E-state index >= 15 is 0 Å². The van der Waals surface area contributed by atoms with Gasteiger partial charge in [-0.2, -0.15) is 0 Å². The lowest BCUT2D eigenvalue weighted by molar-refractivity contribution is -0.142. The first-order chi connectivity index (χ1) is 10.2. The summed E-state index contributed by atoms with van der Waals surface area (Å²) in [4.78, 5) is 11.0. The number of ether oxygens (including phenoxy) is 2. The number of nitrogens with one attached hydrogen (secondary N) is 1. The topological polar surface area (TPSA) is 67.8 Å². The molecule has 0 aliphatic heterocycles. The monoisotopic (exact) mass is 287 g/mol. The van der Waals surface area contributed by atoms with Crippen molar-refractivity contribution >= 4 is 11.7 Å². The van der Waals surface area contributed by atoms with Crippen molar-refractivity contribution in [3.05, 3.63) is 54.1 Å². The molecule has 21 heavy (non-hydrogen) atoms. The van der Waals surface area contributed by atoms with E-state index in [0.29, 0.717) is 12.3 Å². The van der Waals surface area contributed by atoms with Crippen molar-refractivity contribution in [1.82, 2.24) is 0 Å². The van der Waals surface area contributed by atoms with Crippen LogP contribution < -0.4 is 10.1 Å². The molecular formula is C16H17NO4. The summed E-state index contributed by atoms with van der Waals surface area (Å²) in [6.07, 6.45) is 0. The van der Waals surface area contributed by atoms with E-state index in [2.05, 4.69) is 10.1 Å². The van der Waals surface area contributed by atoms with Gasteiger partial charge >= 0.3 is 5.97 Å². The Balaban J connectivity index is 1.88. The third kappa shape index (κ3) is 4.42. The molecule has 5 heteroatoms. The summed E-state index contributed by atoms with van der Waals surface area (Å²) in [5, 5.41) is 12.9. The number of anilines is 1. The number of rotatable bonds is 6. The summed E-state index contributed by atoms with van der Waals surface area (Å²) in [6.45, 7) is 0.413. The van der Waals surface area contributed by atoms with Gasteiger partial charge in [0.15, 0.2) is 6.61 Å². The maximum atomic E-state index is 11.0. The first-order valence-electron chi connectivity index (χ1n) is 6.49. The second kappa shape index (κ2) is 7.19. The van der Waals surface area contributed by atoms with Crippen molar-refractivity contribution in [3.8, 4) is 11.5 Å². The summed E-state index contributed by atoms with van der Waals surface area (Å²) in [7, 11) is 1.32. The number of phenols is 1. The molecule has 2 aromatic carbocycles. The Morgan fingerprint density at radius 1 is 1.14 bits per heavy atom. The second-order valence-corrected chi connectivity index (χ2v) is 4.37. The zero-order valence-corrected chi connectivity index (χ0v) is 11.7. The molecule has 0 atom stereocenters. The summed E-state index contributed by atoms with van der Waals surface area (Å²) in [6, 6.07) is 14.4. The van der Waals surface area contributed by atoms with E-state index in [1.54, 1.807) is 24.3 Å². The zero-order chi connectivity index (χ0) is 15.1. The molecule has 0 unspecified atom stereocenters. The standard InChI is InChI=1S/C16H17NO4/c1-20-16(19)11-21-14-8-6-13(7-9-14)17-10-12-4-2-3-5-15(12)18/h2-9,17-18H,10-11H2,1H3. The Morgan fingerprint density at radius 2 is 1.86 bits per heavy atom. The summed E-state index contributed by atoms with van der Waals surface area (Å²) < 4.78 is 9.75. The van der Waals surface area contributed by atoms with E-state index < -0.39 is 5.97 Å². The lowest BCUT2D eigenvalue weighted by Crippen LogP contribution is -2.12. The maximum absolute atomic E-state index is 11.0. The number of esters is 1. The van der Waals surface area contributed by atoms with Crippen LogP contribution in [0.2, 0.25) is 0 Å². The first kappa shape index (κ1) is 14.7. The predicted molar refractivity (Wildman–Crippen MR) is 79.4 cm³/mol. The minimum atomic E-state index is -0.420. The molecule has 110 valence electrons. The van der Waals surface area contributed by atoms with Crippen LogP contribution in [0.25, 0.3) is 0 Å². The number of methoxy groups -OCH3 is 1. The van der Waals surface area contributed by atoms with E-state index in [1.807, 2.05) is 24.3 Å². The van der Waals surface area contributed by atoms with E-state index in [1.165, 1.54) is 7.11 Å². The second-order valence-electron chi connectivity index (χ2n) is 4.37. The summed E-state index contributed by atoms with van der Waals surface area (Å²) in [5.74, 6) is 0.438. The highest BCUT2D eigenvalue weighted by molar-refractivity contribution is 5.70. The minimum absolute atomic E-state index is 0.110. The van der Waals surface area contributed by atoms with Crippen LogP contribution in [0.3, 0.4) is 0 Å². The number of hydrogen-bond donors (Lipinski definition) is 2. The van der Waals surface area contributed by atoms with Crippen molar-refractivity contribution in [2.45, 2.75) is 6.54 Å². The third-order valence-electron chi connectivity index (χ3n) is 2.91. The number of phenolic OH excluding ortho intramolecular Hbond substituents is 1. The van der Waals surface area contributed by atoms with Crippen LogP contribution in [0.5, 0.6) is 11.5 Å². The van der Waals surface area contributed by atoms with E-state index in [0.717, 1.165) is 11.3 Å². The molecule has 0 aliphatic carbocycles. The van der Waals surface area contributed by atoms with Gasteiger partial charge in [0.2, 0.25) is 0 Å². The highest BCUT2D eigenvalue weighted by Crippen LogP contribution is 2.19. The molecular weight excluding hydrogens is 270 g/mol. The van der Waals surface area contributed by atoms with Gasteiger partial charge in [0, 0.05) is 17.8 Å².